The maximum absolute atomic E-state index is 12.7. The minimum Gasteiger partial charge on any atom is -0.384 e. The standard InChI is InChI=1S/C15H19F3N2O2/c1-22-10-14(5-6-19-9-14)13(21)20-8-11-3-2-4-12(7-11)15(16,17)18/h2-4,7,19H,5-6,8-10H2,1H3,(H,20,21). The zero-order valence-electron chi connectivity index (χ0n) is 12.3. The lowest BCUT2D eigenvalue weighted by atomic mass is 9.87. The van der Waals surface area contributed by atoms with Crippen molar-refractivity contribution in [1.29, 1.82) is 0 Å². The number of rotatable bonds is 5. The number of hydrogen-bond acceptors (Lipinski definition) is 3. The number of amides is 1. The molecular weight excluding hydrogens is 297 g/mol. The Morgan fingerprint density at radius 1 is 1.45 bits per heavy atom. The maximum Gasteiger partial charge on any atom is 0.416 e. The van der Waals surface area contributed by atoms with E-state index in [2.05, 4.69) is 10.6 Å². The zero-order chi connectivity index (χ0) is 16.2. The molecule has 1 fully saturated rings. The summed E-state index contributed by atoms with van der Waals surface area (Å²) < 4.78 is 43.1. The van der Waals surface area contributed by atoms with Gasteiger partial charge in [-0.3, -0.25) is 4.79 Å². The molecule has 0 aliphatic carbocycles. The van der Waals surface area contributed by atoms with E-state index in [4.69, 9.17) is 4.74 Å². The summed E-state index contributed by atoms with van der Waals surface area (Å²) >= 11 is 0. The Balaban J connectivity index is 2.02. The molecule has 1 atom stereocenters. The highest BCUT2D eigenvalue weighted by Gasteiger charge is 2.41. The smallest absolute Gasteiger partial charge is 0.384 e. The lowest BCUT2D eigenvalue weighted by molar-refractivity contribution is -0.137. The Hall–Kier alpha value is -1.60. The molecule has 22 heavy (non-hydrogen) atoms. The monoisotopic (exact) mass is 316 g/mol. The second kappa shape index (κ2) is 6.66. The van der Waals surface area contributed by atoms with Crippen molar-refractivity contribution < 1.29 is 22.7 Å². The third-order valence-electron chi connectivity index (χ3n) is 3.85. The molecule has 1 heterocycles. The summed E-state index contributed by atoms with van der Waals surface area (Å²) in [7, 11) is 1.53. The van der Waals surface area contributed by atoms with Gasteiger partial charge in [-0.05, 0) is 30.7 Å². The molecular formula is C15H19F3N2O2. The normalized spacial score (nSPS) is 21.8. The van der Waals surface area contributed by atoms with E-state index in [1.54, 1.807) is 6.07 Å². The Morgan fingerprint density at radius 3 is 2.82 bits per heavy atom. The van der Waals surface area contributed by atoms with Crippen LogP contribution < -0.4 is 10.6 Å². The number of ether oxygens (including phenoxy) is 1. The van der Waals surface area contributed by atoms with E-state index < -0.39 is 17.2 Å². The summed E-state index contributed by atoms with van der Waals surface area (Å²) in [5.41, 5.74) is -0.939. The summed E-state index contributed by atoms with van der Waals surface area (Å²) in [6.45, 7) is 1.58. The third kappa shape index (κ3) is 3.78. The minimum absolute atomic E-state index is 0.0637. The van der Waals surface area contributed by atoms with Crippen LogP contribution in [-0.2, 0) is 22.3 Å². The number of carbonyl (C=O) groups excluding carboxylic acids is 1. The fraction of sp³-hybridized carbons (Fsp3) is 0.533. The average molecular weight is 316 g/mol. The molecule has 1 aliphatic heterocycles. The van der Waals surface area contributed by atoms with E-state index in [1.165, 1.54) is 13.2 Å². The third-order valence-corrected chi connectivity index (χ3v) is 3.85. The van der Waals surface area contributed by atoms with Crippen LogP contribution in [0.25, 0.3) is 0 Å². The molecule has 122 valence electrons. The van der Waals surface area contributed by atoms with Crippen LogP contribution in [-0.4, -0.2) is 32.7 Å². The molecule has 2 rings (SSSR count). The highest BCUT2D eigenvalue weighted by Crippen LogP contribution is 2.30. The molecule has 1 unspecified atom stereocenters. The highest BCUT2D eigenvalue weighted by molar-refractivity contribution is 5.83. The number of hydrogen-bond donors (Lipinski definition) is 2. The van der Waals surface area contributed by atoms with Crippen LogP contribution in [0.3, 0.4) is 0 Å². The maximum atomic E-state index is 12.7. The van der Waals surface area contributed by atoms with Gasteiger partial charge in [-0.1, -0.05) is 12.1 Å². The van der Waals surface area contributed by atoms with Gasteiger partial charge in [0.2, 0.25) is 5.91 Å². The van der Waals surface area contributed by atoms with Gasteiger partial charge in [-0.15, -0.1) is 0 Å². The molecule has 0 saturated carbocycles. The molecule has 0 bridgehead atoms. The van der Waals surface area contributed by atoms with Crippen molar-refractivity contribution in [3.63, 3.8) is 0 Å². The van der Waals surface area contributed by atoms with Gasteiger partial charge in [0.05, 0.1) is 17.6 Å². The van der Waals surface area contributed by atoms with Gasteiger partial charge >= 0.3 is 6.18 Å². The Morgan fingerprint density at radius 2 is 2.23 bits per heavy atom. The summed E-state index contributed by atoms with van der Waals surface area (Å²) in [6.07, 6.45) is -3.73. The molecule has 1 aliphatic rings. The van der Waals surface area contributed by atoms with E-state index >= 15 is 0 Å². The Labute approximate surface area is 127 Å². The van der Waals surface area contributed by atoms with Gasteiger partial charge in [0.15, 0.2) is 0 Å². The highest BCUT2D eigenvalue weighted by atomic mass is 19.4. The fourth-order valence-electron chi connectivity index (χ4n) is 2.63. The van der Waals surface area contributed by atoms with Crippen LogP contribution in [0.2, 0.25) is 0 Å². The molecule has 1 amide bonds. The Kier molecular flexibility index (Phi) is 5.08. The average Bonchev–Trinajstić information content (AvgIpc) is 2.94. The summed E-state index contributed by atoms with van der Waals surface area (Å²) in [5.74, 6) is -0.197. The van der Waals surface area contributed by atoms with Crippen molar-refractivity contribution >= 4 is 5.91 Å². The number of methoxy groups -OCH3 is 1. The topological polar surface area (TPSA) is 50.4 Å². The molecule has 1 saturated heterocycles. The van der Waals surface area contributed by atoms with Crippen molar-refractivity contribution in [2.24, 2.45) is 5.41 Å². The number of nitrogens with one attached hydrogen (secondary N) is 2. The summed E-state index contributed by atoms with van der Waals surface area (Å²) in [4.78, 5) is 12.4. The Bertz CT molecular complexity index is 526. The van der Waals surface area contributed by atoms with Gasteiger partial charge in [-0.25, -0.2) is 0 Å². The van der Waals surface area contributed by atoms with E-state index in [-0.39, 0.29) is 19.1 Å². The largest absolute Gasteiger partial charge is 0.416 e. The van der Waals surface area contributed by atoms with E-state index in [0.29, 0.717) is 18.5 Å². The van der Waals surface area contributed by atoms with Gasteiger partial charge in [0, 0.05) is 20.2 Å². The minimum atomic E-state index is -4.38. The summed E-state index contributed by atoms with van der Waals surface area (Å²) in [6, 6.07) is 4.96. The molecule has 0 aromatic heterocycles. The first kappa shape index (κ1) is 16.8. The SMILES string of the molecule is COCC1(C(=O)NCc2cccc(C(F)(F)F)c2)CCNC1. The molecule has 2 N–H and O–H groups in total. The van der Waals surface area contributed by atoms with Crippen molar-refractivity contribution in [2.45, 2.75) is 19.1 Å². The molecule has 1 aromatic rings. The van der Waals surface area contributed by atoms with Crippen molar-refractivity contribution in [2.75, 3.05) is 26.8 Å². The first-order valence-corrected chi connectivity index (χ1v) is 7.01. The van der Waals surface area contributed by atoms with Crippen molar-refractivity contribution in [3.8, 4) is 0 Å². The lowest BCUT2D eigenvalue weighted by Crippen LogP contribution is -2.45. The van der Waals surface area contributed by atoms with Crippen LogP contribution in [0.1, 0.15) is 17.5 Å². The summed E-state index contributed by atoms with van der Waals surface area (Å²) in [5, 5.41) is 5.84. The van der Waals surface area contributed by atoms with Crippen LogP contribution in [0.5, 0.6) is 0 Å². The van der Waals surface area contributed by atoms with E-state index in [1.807, 2.05) is 0 Å². The molecule has 0 radical (unpaired) electrons. The second-order valence-corrected chi connectivity index (χ2v) is 5.52. The van der Waals surface area contributed by atoms with E-state index in [0.717, 1.165) is 18.7 Å². The van der Waals surface area contributed by atoms with Gasteiger partial charge < -0.3 is 15.4 Å². The van der Waals surface area contributed by atoms with Crippen LogP contribution in [0.15, 0.2) is 24.3 Å². The molecule has 1 aromatic carbocycles. The fourth-order valence-corrected chi connectivity index (χ4v) is 2.63. The predicted octanol–water partition coefficient (Wildman–Crippen LogP) is 1.95. The van der Waals surface area contributed by atoms with Crippen LogP contribution in [0.4, 0.5) is 13.2 Å². The van der Waals surface area contributed by atoms with E-state index in [9.17, 15) is 18.0 Å². The lowest BCUT2D eigenvalue weighted by Gasteiger charge is -2.26. The number of halogens is 3. The predicted molar refractivity (Wildman–Crippen MR) is 75.1 cm³/mol. The first-order valence-electron chi connectivity index (χ1n) is 7.01. The van der Waals surface area contributed by atoms with Crippen LogP contribution >= 0.6 is 0 Å². The number of benzene rings is 1. The number of carbonyl (C=O) groups is 1. The van der Waals surface area contributed by atoms with Crippen molar-refractivity contribution in [3.05, 3.63) is 35.4 Å². The molecule has 4 nitrogen and oxygen atoms in total. The van der Waals surface area contributed by atoms with Crippen LogP contribution in [0, 0.1) is 5.41 Å². The van der Waals surface area contributed by atoms with Gasteiger partial charge in [0.25, 0.3) is 0 Å². The molecule has 7 heteroatoms. The number of alkyl halides is 3. The zero-order valence-corrected chi connectivity index (χ0v) is 12.3. The second-order valence-electron chi connectivity index (χ2n) is 5.52. The van der Waals surface area contributed by atoms with Gasteiger partial charge in [0.1, 0.15) is 0 Å². The molecule has 0 spiro atoms. The first-order chi connectivity index (χ1) is 10.4. The quantitative estimate of drug-likeness (QED) is 0.873. The van der Waals surface area contributed by atoms with Crippen molar-refractivity contribution in [1.82, 2.24) is 10.6 Å². The van der Waals surface area contributed by atoms with Gasteiger partial charge in [-0.2, -0.15) is 13.2 Å².